The zero-order valence-corrected chi connectivity index (χ0v) is 12.4. The lowest BCUT2D eigenvalue weighted by atomic mass is 10.1. The van der Waals surface area contributed by atoms with Crippen molar-refractivity contribution in [1.29, 1.82) is 0 Å². The first-order valence-corrected chi connectivity index (χ1v) is 7.36. The molecule has 0 amide bonds. The number of para-hydroxylation sites is 1. The van der Waals surface area contributed by atoms with Crippen molar-refractivity contribution in [2.75, 3.05) is 26.7 Å². The molecule has 0 spiro atoms. The summed E-state index contributed by atoms with van der Waals surface area (Å²) in [7, 11) is 1.74. The van der Waals surface area contributed by atoms with Crippen LogP contribution in [-0.2, 0) is 6.54 Å². The zero-order chi connectivity index (χ0) is 13.9. The van der Waals surface area contributed by atoms with Crippen LogP contribution in [0.3, 0.4) is 0 Å². The fourth-order valence-electron chi connectivity index (χ4n) is 2.26. The van der Waals surface area contributed by atoms with E-state index in [1.54, 1.807) is 7.11 Å². The van der Waals surface area contributed by atoms with E-state index in [9.17, 15) is 0 Å². The van der Waals surface area contributed by atoms with Gasteiger partial charge < -0.3 is 10.5 Å². The van der Waals surface area contributed by atoms with Gasteiger partial charge in [-0.1, -0.05) is 38.0 Å². The maximum Gasteiger partial charge on any atom is 0.123 e. The zero-order valence-electron chi connectivity index (χ0n) is 12.4. The summed E-state index contributed by atoms with van der Waals surface area (Å²) in [6, 6.07) is 8.28. The van der Waals surface area contributed by atoms with E-state index >= 15 is 0 Å². The molecule has 3 heteroatoms. The minimum Gasteiger partial charge on any atom is -0.496 e. The SMILES string of the molecule is CCN(CCCCCCN)Cc1ccccc1OC. The standard InChI is InChI=1S/C16H28N2O/c1-3-18(13-9-5-4-8-12-17)14-15-10-6-7-11-16(15)19-2/h6-7,10-11H,3-5,8-9,12-14,17H2,1-2H3. The van der Waals surface area contributed by atoms with Crippen molar-refractivity contribution in [2.24, 2.45) is 5.73 Å². The molecule has 0 bridgehead atoms. The van der Waals surface area contributed by atoms with Crippen LogP contribution in [0.5, 0.6) is 5.75 Å². The van der Waals surface area contributed by atoms with Crippen LogP contribution in [0, 0.1) is 0 Å². The second kappa shape index (κ2) is 9.82. The van der Waals surface area contributed by atoms with E-state index in [2.05, 4.69) is 24.0 Å². The fourth-order valence-corrected chi connectivity index (χ4v) is 2.26. The number of ether oxygens (including phenoxy) is 1. The van der Waals surface area contributed by atoms with E-state index in [0.717, 1.165) is 38.3 Å². The summed E-state index contributed by atoms with van der Waals surface area (Å²) in [5.74, 6) is 0.990. The lowest BCUT2D eigenvalue weighted by Crippen LogP contribution is -2.24. The Morgan fingerprint density at radius 2 is 1.84 bits per heavy atom. The maximum absolute atomic E-state index is 5.51. The number of unbranched alkanes of at least 4 members (excludes halogenated alkanes) is 3. The molecule has 2 N–H and O–H groups in total. The molecular weight excluding hydrogens is 236 g/mol. The molecule has 0 radical (unpaired) electrons. The molecule has 1 rings (SSSR count). The fraction of sp³-hybridized carbons (Fsp3) is 0.625. The Hall–Kier alpha value is -1.06. The maximum atomic E-state index is 5.51. The van der Waals surface area contributed by atoms with Crippen molar-refractivity contribution in [3.05, 3.63) is 29.8 Å². The van der Waals surface area contributed by atoms with Gasteiger partial charge >= 0.3 is 0 Å². The number of hydrogen-bond acceptors (Lipinski definition) is 3. The van der Waals surface area contributed by atoms with Crippen LogP contribution in [0.4, 0.5) is 0 Å². The van der Waals surface area contributed by atoms with Gasteiger partial charge in [-0.15, -0.1) is 0 Å². The van der Waals surface area contributed by atoms with E-state index in [4.69, 9.17) is 10.5 Å². The molecule has 0 aliphatic rings. The number of benzene rings is 1. The van der Waals surface area contributed by atoms with Crippen LogP contribution in [-0.4, -0.2) is 31.6 Å². The summed E-state index contributed by atoms with van der Waals surface area (Å²) >= 11 is 0. The van der Waals surface area contributed by atoms with Gasteiger partial charge in [0.25, 0.3) is 0 Å². The van der Waals surface area contributed by atoms with Crippen LogP contribution >= 0.6 is 0 Å². The Morgan fingerprint density at radius 3 is 2.53 bits per heavy atom. The topological polar surface area (TPSA) is 38.5 Å². The second-order valence-corrected chi connectivity index (χ2v) is 4.88. The lowest BCUT2D eigenvalue weighted by Gasteiger charge is -2.21. The highest BCUT2D eigenvalue weighted by Gasteiger charge is 2.07. The van der Waals surface area contributed by atoms with Crippen LogP contribution in [0.25, 0.3) is 0 Å². The minimum atomic E-state index is 0.818. The molecule has 0 saturated heterocycles. The average molecular weight is 264 g/mol. The minimum absolute atomic E-state index is 0.818. The van der Waals surface area contributed by atoms with E-state index in [1.807, 2.05) is 12.1 Å². The first-order valence-electron chi connectivity index (χ1n) is 7.36. The van der Waals surface area contributed by atoms with Gasteiger partial charge in [-0.05, 0) is 38.5 Å². The summed E-state index contributed by atoms with van der Waals surface area (Å²) in [6.45, 7) is 6.24. The first kappa shape index (κ1) is 16.0. The molecule has 0 unspecified atom stereocenters. The molecule has 0 aliphatic carbocycles. The Bertz CT molecular complexity index is 341. The molecule has 0 aliphatic heterocycles. The summed E-state index contributed by atoms with van der Waals surface area (Å²) < 4.78 is 5.41. The van der Waals surface area contributed by atoms with Crippen molar-refractivity contribution in [3.63, 3.8) is 0 Å². The number of hydrogen-bond donors (Lipinski definition) is 1. The summed E-state index contributed by atoms with van der Waals surface area (Å²) in [5.41, 5.74) is 6.78. The van der Waals surface area contributed by atoms with Gasteiger partial charge in [-0.3, -0.25) is 4.90 Å². The van der Waals surface area contributed by atoms with Crippen LogP contribution in [0.2, 0.25) is 0 Å². The molecule has 19 heavy (non-hydrogen) atoms. The van der Waals surface area contributed by atoms with Gasteiger partial charge in [0.05, 0.1) is 7.11 Å². The first-order chi connectivity index (χ1) is 9.31. The smallest absolute Gasteiger partial charge is 0.123 e. The molecule has 1 aromatic carbocycles. The number of nitrogens with zero attached hydrogens (tertiary/aromatic N) is 1. The largest absolute Gasteiger partial charge is 0.496 e. The van der Waals surface area contributed by atoms with Gasteiger partial charge in [0.2, 0.25) is 0 Å². The lowest BCUT2D eigenvalue weighted by molar-refractivity contribution is 0.267. The molecule has 0 saturated carbocycles. The molecular formula is C16H28N2O. The van der Waals surface area contributed by atoms with E-state index in [1.165, 1.54) is 24.8 Å². The summed E-state index contributed by atoms with van der Waals surface area (Å²) in [4.78, 5) is 2.47. The number of methoxy groups -OCH3 is 1. The molecule has 0 aromatic heterocycles. The number of rotatable bonds is 10. The Morgan fingerprint density at radius 1 is 1.11 bits per heavy atom. The molecule has 1 aromatic rings. The Balaban J connectivity index is 2.38. The molecule has 0 atom stereocenters. The Kier molecular flexibility index (Phi) is 8.26. The predicted molar refractivity (Wildman–Crippen MR) is 81.5 cm³/mol. The number of nitrogens with two attached hydrogens (primary N) is 1. The molecule has 0 fully saturated rings. The van der Waals surface area contributed by atoms with Gasteiger partial charge in [-0.25, -0.2) is 0 Å². The quantitative estimate of drug-likeness (QED) is 0.660. The van der Waals surface area contributed by atoms with E-state index in [-0.39, 0.29) is 0 Å². The molecule has 0 heterocycles. The average Bonchev–Trinajstić information content (AvgIpc) is 2.46. The van der Waals surface area contributed by atoms with E-state index < -0.39 is 0 Å². The van der Waals surface area contributed by atoms with Crippen LogP contribution < -0.4 is 10.5 Å². The van der Waals surface area contributed by atoms with Gasteiger partial charge in [0.15, 0.2) is 0 Å². The van der Waals surface area contributed by atoms with E-state index in [0.29, 0.717) is 0 Å². The van der Waals surface area contributed by atoms with Gasteiger partial charge in [0, 0.05) is 12.1 Å². The monoisotopic (exact) mass is 264 g/mol. The van der Waals surface area contributed by atoms with Gasteiger partial charge in [0.1, 0.15) is 5.75 Å². The van der Waals surface area contributed by atoms with Crippen molar-refractivity contribution in [3.8, 4) is 5.75 Å². The van der Waals surface area contributed by atoms with Crippen LogP contribution in [0.15, 0.2) is 24.3 Å². The molecule has 108 valence electrons. The van der Waals surface area contributed by atoms with Gasteiger partial charge in [-0.2, -0.15) is 0 Å². The second-order valence-electron chi connectivity index (χ2n) is 4.88. The third kappa shape index (κ3) is 6.08. The van der Waals surface area contributed by atoms with Crippen molar-refractivity contribution in [1.82, 2.24) is 4.90 Å². The normalized spacial score (nSPS) is 10.9. The van der Waals surface area contributed by atoms with Crippen LogP contribution in [0.1, 0.15) is 38.2 Å². The third-order valence-corrected chi connectivity index (χ3v) is 3.46. The van der Waals surface area contributed by atoms with Crippen molar-refractivity contribution >= 4 is 0 Å². The summed E-state index contributed by atoms with van der Waals surface area (Å²) in [6.07, 6.45) is 4.93. The van der Waals surface area contributed by atoms with Crippen molar-refractivity contribution in [2.45, 2.75) is 39.2 Å². The predicted octanol–water partition coefficient (Wildman–Crippen LogP) is 3.04. The molecule has 3 nitrogen and oxygen atoms in total. The summed E-state index contributed by atoms with van der Waals surface area (Å²) in [5, 5.41) is 0. The highest BCUT2D eigenvalue weighted by molar-refractivity contribution is 5.33. The highest BCUT2D eigenvalue weighted by atomic mass is 16.5. The van der Waals surface area contributed by atoms with Crippen molar-refractivity contribution < 1.29 is 4.74 Å². The third-order valence-electron chi connectivity index (χ3n) is 3.46. The highest BCUT2D eigenvalue weighted by Crippen LogP contribution is 2.19. The Labute approximate surface area is 117 Å².